The Morgan fingerprint density at radius 1 is 1.04 bits per heavy atom. The number of aliphatic hydroxyl groups is 4. The van der Waals surface area contributed by atoms with E-state index in [2.05, 4.69) is 6.92 Å². The molecule has 0 radical (unpaired) electrons. The Morgan fingerprint density at radius 2 is 1.80 bits per heavy atom. The summed E-state index contributed by atoms with van der Waals surface area (Å²) in [7, 11) is 1.66. The molecular weight excluding hydrogens is 332 g/mol. The Morgan fingerprint density at radius 3 is 2.48 bits per heavy atom. The van der Waals surface area contributed by atoms with Crippen LogP contribution in [0.15, 0.2) is 0 Å². The van der Waals surface area contributed by atoms with Crippen molar-refractivity contribution in [3.63, 3.8) is 0 Å². The minimum atomic E-state index is -1.42. The highest BCUT2D eigenvalue weighted by atomic mass is 16.7. The van der Waals surface area contributed by atoms with Crippen molar-refractivity contribution in [3.8, 4) is 0 Å². The SMILES string of the molecule is CO[C@@H]1OC[C@H](CO[C@@H]2O[C@H](CO)[C@@H](O)[C@H](O)[C@H]2O)[C@H]2CC[C@@H](C)[C@H]12. The molecule has 0 amide bonds. The molecule has 0 aromatic heterocycles. The summed E-state index contributed by atoms with van der Waals surface area (Å²) in [5.41, 5.74) is 0. The highest BCUT2D eigenvalue weighted by molar-refractivity contribution is 4.92. The highest BCUT2D eigenvalue weighted by Gasteiger charge is 2.48. The van der Waals surface area contributed by atoms with Gasteiger partial charge in [0, 0.05) is 18.9 Å². The van der Waals surface area contributed by atoms with Crippen molar-refractivity contribution in [2.24, 2.45) is 23.7 Å². The number of hydrogen-bond donors (Lipinski definition) is 4. The average molecular weight is 362 g/mol. The second kappa shape index (κ2) is 8.14. The van der Waals surface area contributed by atoms with Crippen LogP contribution in [0.25, 0.3) is 0 Å². The van der Waals surface area contributed by atoms with Crippen LogP contribution in [0.5, 0.6) is 0 Å². The zero-order valence-corrected chi connectivity index (χ0v) is 14.7. The van der Waals surface area contributed by atoms with E-state index in [1.807, 2.05) is 0 Å². The number of rotatable bonds is 5. The lowest BCUT2D eigenvalue weighted by Gasteiger charge is -2.42. The molecular formula is C17H30O8. The minimum Gasteiger partial charge on any atom is -0.394 e. The summed E-state index contributed by atoms with van der Waals surface area (Å²) in [5.74, 6) is 1.40. The van der Waals surface area contributed by atoms with E-state index in [1.165, 1.54) is 0 Å². The molecule has 146 valence electrons. The third-order valence-corrected chi connectivity index (χ3v) is 6.06. The van der Waals surface area contributed by atoms with Gasteiger partial charge in [-0.15, -0.1) is 0 Å². The Balaban J connectivity index is 1.59. The van der Waals surface area contributed by atoms with Crippen molar-refractivity contribution in [2.75, 3.05) is 26.9 Å². The van der Waals surface area contributed by atoms with E-state index >= 15 is 0 Å². The van der Waals surface area contributed by atoms with E-state index in [9.17, 15) is 20.4 Å². The Kier molecular flexibility index (Phi) is 6.33. The quantitative estimate of drug-likeness (QED) is 0.496. The topological polar surface area (TPSA) is 118 Å². The highest BCUT2D eigenvalue weighted by Crippen LogP contribution is 2.47. The molecule has 1 saturated carbocycles. The van der Waals surface area contributed by atoms with Crippen LogP contribution in [0.4, 0.5) is 0 Å². The first-order chi connectivity index (χ1) is 12.0. The van der Waals surface area contributed by atoms with E-state index in [-0.39, 0.29) is 12.2 Å². The number of aliphatic hydroxyl groups excluding tert-OH is 4. The number of ether oxygens (including phenoxy) is 4. The fourth-order valence-corrected chi connectivity index (χ4v) is 4.56. The van der Waals surface area contributed by atoms with Crippen LogP contribution in [0, 0.1) is 23.7 Å². The largest absolute Gasteiger partial charge is 0.394 e. The average Bonchev–Trinajstić information content (AvgIpc) is 3.01. The zero-order chi connectivity index (χ0) is 18.1. The van der Waals surface area contributed by atoms with Gasteiger partial charge in [0.15, 0.2) is 12.6 Å². The first-order valence-corrected chi connectivity index (χ1v) is 9.04. The van der Waals surface area contributed by atoms with E-state index in [1.54, 1.807) is 7.11 Å². The maximum absolute atomic E-state index is 10.1. The van der Waals surface area contributed by atoms with Crippen molar-refractivity contribution in [1.82, 2.24) is 0 Å². The van der Waals surface area contributed by atoms with Crippen molar-refractivity contribution >= 4 is 0 Å². The fourth-order valence-electron chi connectivity index (χ4n) is 4.56. The molecule has 0 bridgehead atoms. The molecule has 3 fully saturated rings. The van der Waals surface area contributed by atoms with Gasteiger partial charge in [-0.3, -0.25) is 0 Å². The van der Waals surface area contributed by atoms with Crippen LogP contribution >= 0.6 is 0 Å². The smallest absolute Gasteiger partial charge is 0.186 e. The third kappa shape index (κ3) is 3.72. The monoisotopic (exact) mass is 362 g/mol. The van der Waals surface area contributed by atoms with Gasteiger partial charge >= 0.3 is 0 Å². The molecule has 2 heterocycles. The standard InChI is InChI=1S/C17H30O8/c1-8-3-4-10-9(6-23-16(22-2)12(8)10)7-24-17-15(21)14(20)13(19)11(5-18)25-17/h8-21H,3-7H2,1-2H3/t8-,9-,10-,11-,12+,13-,14+,15-,16-,17-/m1/s1. The molecule has 25 heavy (non-hydrogen) atoms. The van der Waals surface area contributed by atoms with E-state index in [0.717, 1.165) is 12.8 Å². The first kappa shape index (κ1) is 19.4. The molecule has 10 atom stereocenters. The van der Waals surface area contributed by atoms with Crippen LogP contribution in [-0.4, -0.2) is 84.4 Å². The summed E-state index contributed by atoms with van der Waals surface area (Å²) in [6.07, 6.45) is -4.20. The third-order valence-electron chi connectivity index (χ3n) is 6.06. The summed E-state index contributed by atoms with van der Waals surface area (Å²) in [4.78, 5) is 0. The lowest BCUT2D eigenvalue weighted by molar-refractivity contribution is -0.308. The predicted molar refractivity (Wildman–Crippen MR) is 85.3 cm³/mol. The van der Waals surface area contributed by atoms with Crippen molar-refractivity contribution < 1.29 is 39.4 Å². The van der Waals surface area contributed by atoms with Gasteiger partial charge in [-0.2, -0.15) is 0 Å². The minimum absolute atomic E-state index is 0.147. The van der Waals surface area contributed by atoms with E-state index < -0.39 is 37.3 Å². The number of fused-ring (bicyclic) bond motifs is 1. The Bertz CT molecular complexity index is 433. The van der Waals surface area contributed by atoms with Crippen molar-refractivity contribution in [1.29, 1.82) is 0 Å². The maximum atomic E-state index is 10.1. The van der Waals surface area contributed by atoms with Gasteiger partial charge in [-0.25, -0.2) is 0 Å². The molecule has 0 aromatic carbocycles. The predicted octanol–water partition coefficient (Wildman–Crippen LogP) is -0.916. The van der Waals surface area contributed by atoms with E-state index in [4.69, 9.17) is 18.9 Å². The summed E-state index contributed by atoms with van der Waals surface area (Å²) in [6.45, 7) is 2.56. The molecule has 8 nitrogen and oxygen atoms in total. The maximum Gasteiger partial charge on any atom is 0.186 e. The molecule has 2 saturated heterocycles. The number of methoxy groups -OCH3 is 1. The second-order valence-corrected chi connectivity index (χ2v) is 7.52. The number of hydrogen-bond acceptors (Lipinski definition) is 8. The second-order valence-electron chi connectivity index (χ2n) is 7.52. The van der Waals surface area contributed by atoms with Crippen LogP contribution < -0.4 is 0 Å². The summed E-state index contributed by atoms with van der Waals surface area (Å²) in [5, 5.41) is 39.0. The molecule has 2 aliphatic heterocycles. The molecule has 3 aliphatic rings. The summed E-state index contributed by atoms with van der Waals surface area (Å²) in [6, 6.07) is 0. The molecule has 3 rings (SSSR count). The summed E-state index contributed by atoms with van der Waals surface area (Å²) >= 11 is 0. The molecule has 0 spiro atoms. The van der Waals surface area contributed by atoms with Crippen LogP contribution in [0.1, 0.15) is 19.8 Å². The lowest BCUT2D eigenvalue weighted by Crippen LogP contribution is -2.59. The molecule has 4 N–H and O–H groups in total. The van der Waals surface area contributed by atoms with Gasteiger partial charge in [0.25, 0.3) is 0 Å². The molecule has 0 aromatic rings. The zero-order valence-electron chi connectivity index (χ0n) is 14.7. The van der Waals surface area contributed by atoms with E-state index in [0.29, 0.717) is 31.0 Å². The van der Waals surface area contributed by atoms with Gasteiger partial charge in [0.2, 0.25) is 0 Å². The Labute approximate surface area is 147 Å². The van der Waals surface area contributed by atoms with Crippen LogP contribution in [0.3, 0.4) is 0 Å². The lowest BCUT2D eigenvalue weighted by atomic mass is 9.79. The van der Waals surface area contributed by atoms with Crippen LogP contribution in [0.2, 0.25) is 0 Å². The van der Waals surface area contributed by atoms with Crippen LogP contribution in [-0.2, 0) is 18.9 Å². The van der Waals surface area contributed by atoms with Crippen molar-refractivity contribution in [3.05, 3.63) is 0 Å². The first-order valence-electron chi connectivity index (χ1n) is 9.04. The van der Waals surface area contributed by atoms with Gasteiger partial charge in [-0.05, 0) is 24.7 Å². The van der Waals surface area contributed by atoms with Gasteiger partial charge in [0.1, 0.15) is 24.4 Å². The normalized spacial score (nSPS) is 50.6. The van der Waals surface area contributed by atoms with Crippen molar-refractivity contribution in [2.45, 2.75) is 56.8 Å². The van der Waals surface area contributed by atoms with Gasteiger partial charge in [-0.1, -0.05) is 6.92 Å². The summed E-state index contributed by atoms with van der Waals surface area (Å²) < 4.78 is 22.4. The van der Waals surface area contributed by atoms with Gasteiger partial charge < -0.3 is 39.4 Å². The fraction of sp³-hybridized carbons (Fsp3) is 1.00. The molecule has 8 heteroatoms. The van der Waals surface area contributed by atoms with Gasteiger partial charge in [0.05, 0.1) is 19.8 Å². The molecule has 1 aliphatic carbocycles. The molecule has 0 unspecified atom stereocenters. The Hall–Kier alpha value is -0.320.